The van der Waals surface area contributed by atoms with E-state index in [0.29, 0.717) is 24.4 Å². The second-order valence-corrected chi connectivity index (χ2v) is 4.78. The summed E-state index contributed by atoms with van der Waals surface area (Å²) in [6.45, 7) is 1.14. The van der Waals surface area contributed by atoms with Crippen LogP contribution in [0.5, 0.6) is 0 Å². The van der Waals surface area contributed by atoms with Gasteiger partial charge in [-0.15, -0.1) is 0 Å². The molecule has 1 aromatic rings. The molecule has 0 saturated carbocycles. The summed E-state index contributed by atoms with van der Waals surface area (Å²) in [5.74, 6) is -0.888. The van der Waals surface area contributed by atoms with Gasteiger partial charge in [-0.1, -0.05) is 15.9 Å². The summed E-state index contributed by atoms with van der Waals surface area (Å²) < 4.78 is 5.88. The molecule has 4 nitrogen and oxygen atoms in total. The van der Waals surface area contributed by atoms with Crippen LogP contribution in [-0.4, -0.2) is 30.9 Å². The lowest BCUT2D eigenvalue weighted by molar-refractivity contribution is -0.114. The number of ether oxygens (including phenoxy) is 1. The van der Waals surface area contributed by atoms with Crippen molar-refractivity contribution in [3.63, 3.8) is 0 Å². The number of carbonyl (C=O) groups is 2. The predicted octanol–water partition coefficient (Wildman–Crippen LogP) is 1.38. The third-order valence-corrected chi connectivity index (χ3v) is 3.22. The van der Waals surface area contributed by atoms with Crippen molar-refractivity contribution in [2.75, 3.05) is 18.1 Å². The first-order valence-corrected chi connectivity index (χ1v) is 5.73. The van der Waals surface area contributed by atoms with E-state index in [1.807, 2.05) is 6.07 Å². The van der Waals surface area contributed by atoms with Crippen LogP contribution in [-0.2, 0) is 9.53 Å². The molecule has 5 heteroatoms. The van der Waals surface area contributed by atoms with Crippen molar-refractivity contribution in [3.05, 3.63) is 28.2 Å². The number of nitrogens with zero attached hydrogens (tertiary/aromatic N) is 1. The van der Waals surface area contributed by atoms with Crippen LogP contribution in [0.4, 0.5) is 5.69 Å². The first-order chi connectivity index (χ1) is 7.66. The quantitative estimate of drug-likeness (QED) is 0.608. The number of hydrogen-bond acceptors (Lipinski definition) is 3. The number of halogens is 1. The molecule has 1 aromatic carbocycles. The minimum absolute atomic E-state index is 0.0892. The van der Waals surface area contributed by atoms with Crippen LogP contribution in [0.2, 0.25) is 0 Å². The SMILES string of the molecule is O=C1C(=O)N(CC2CO2)c2ccc(Br)cc21. The average Bonchev–Trinajstić information content (AvgIpc) is 3.04. The number of epoxide rings is 1. The number of Topliss-reactive ketones (excluding diaryl/α,β-unsaturated/α-hetero) is 1. The first-order valence-electron chi connectivity index (χ1n) is 4.94. The third kappa shape index (κ3) is 1.47. The summed E-state index contributed by atoms with van der Waals surface area (Å²) in [6.07, 6.45) is 0.0892. The molecule has 1 amide bonds. The second-order valence-electron chi connectivity index (χ2n) is 3.86. The maximum atomic E-state index is 11.7. The fourth-order valence-corrected chi connectivity index (χ4v) is 2.19. The second kappa shape index (κ2) is 3.40. The molecule has 0 bridgehead atoms. The van der Waals surface area contributed by atoms with Crippen molar-refractivity contribution in [2.24, 2.45) is 0 Å². The van der Waals surface area contributed by atoms with Crippen molar-refractivity contribution < 1.29 is 14.3 Å². The predicted molar refractivity (Wildman–Crippen MR) is 60.6 cm³/mol. The molecule has 0 spiro atoms. The number of rotatable bonds is 2. The minimum atomic E-state index is -0.455. The van der Waals surface area contributed by atoms with Crippen LogP contribution >= 0.6 is 15.9 Å². The molecule has 0 aromatic heterocycles. The first kappa shape index (κ1) is 9.99. The lowest BCUT2D eigenvalue weighted by Gasteiger charge is -2.14. The van der Waals surface area contributed by atoms with Crippen molar-refractivity contribution >= 4 is 33.3 Å². The van der Waals surface area contributed by atoms with Gasteiger partial charge in [-0.3, -0.25) is 9.59 Å². The number of hydrogen-bond donors (Lipinski definition) is 0. The van der Waals surface area contributed by atoms with Gasteiger partial charge >= 0.3 is 0 Å². The van der Waals surface area contributed by atoms with E-state index >= 15 is 0 Å². The van der Waals surface area contributed by atoms with Crippen LogP contribution in [0.1, 0.15) is 10.4 Å². The van der Waals surface area contributed by atoms with Crippen molar-refractivity contribution in [1.29, 1.82) is 0 Å². The highest BCUT2D eigenvalue weighted by Gasteiger charge is 2.39. The van der Waals surface area contributed by atoms with E-state index in [-0.39, 0.29) is 6.10 Å². The number of amides is 1. The highest BCUT2D eigenvalue weighted by Crippen LogP contribution is 2.32. The van der Waals surface area contributed by atoms with Gasteiger partial charge in [0.25, 0.3) is 11.7 Å². The standard InChI is InChI=1S/C11H8BrNO3/c12-6-1-2-9-8(3-6)10(14)11(15)13(9)4-7-5-16-7/h1-3,7H,4-5H2. The zero-order chi connectivity index (χ0) is 11.3. The van der Waals surface area contributed by atoms with Crippen LogP contribution in [0.15, 0.2) is 22.7 Å². The normalized spacial score (nSPS) is 22.6. The zero-order valence-electron chi connectivity index (χ0n) is 8.27. The van der Waals surface area contributed by atoms with Gasteiger partial charge in [-0.25, -0.2) is 0 Å². The Morgan fingerprint density at radius 3 is 2.88 bits per heavy atom. The molecule has 0 radical (unpaired) electrons. The van der Waals surface area contributed by atoms with E-state index in [1.54, 1.807) is 12.1 Å². The van der Waals surface area contributed by atoms with Gasteiger partial charge in [-0.2, -0.15) is 0 Å². The fraction of sp³-hybridized carbons (Fsp3) is 0.273. The molecule has 1 fully saturated rings. The average molecular weight is 282 g/mol. The van der Waals surface area contributed by atoms with E-state index < -0.39 is 11.7 Å². The van der Waals surface area contributed by atoms with Crippen LogP contribution in [0, 0.1) is 0 Å². The molecule has 2 aliphatic rings. The van der Waals surface area contributed by atoms with Gasteiger partial charge in [0.2, 0.25) is 0 Å². The van der Waals surface area contributed by atoms with E-state index in [4.69, 9.17) is 4.74 Å². The topological polar surface area (TPSA) is 49.9 Å². The Hall–Kier alpha value is -1.20. The fourth-order valence-electron chi connectivity index (χ4n) is 1.83. The Bertz CT molecular complexity index is 496. The molecule has 1 saturated heterocycles. The van der Waals surface area contributed by atoms with E-state index in [0.717, 1.165) is 4.47 Å². The van der Waals surface area contributed by atoms with Crippen molar-refractivity contribution in [2.45, 2.75) is 6.10 Å². The number of fused-ring (bicyclic) bond motifs is 1. The molecule has 2 heterocycles. The molecular weight excluding hydrogens is 274 g/mol. The maximum absolute atomic E-state index is 11.7. The largest absolute Gasteiger partial charge is 0.371 e. The number of benzene rings is 1. The van der Waals surface area contributed by atoms with Crippen LogP contribution in [0.3, 0.4) is 0 Å². The Kier molecular flexibility index (Phi) is 2.12. The minimum Gasteiger partial charge on any atom is -0.371 e. The molecular formula is C11H8BrNO3. The Morgan fingerprint density at radius 2 is 2.19 bits per heavy atom. The lowest BCUT2D eigenvalue weighted by Crippen LogP contribution is -2.33. The van der Waals surface area contributed by atoms with E-state index in [9.17, 15) is 9.59 Å². The molecule has 16 heavy (non-hydrogen) atoms. The molecule has 2 aliphatic heterocycles. The number of ketones is 1. The van der Waals surface area contributed by atoms with Gasteiger partial charge in [0.1, 0.15) is 0 Å². The summed E-state index contributed by atoms with van der Waals surface area (Å²) >= 11 is 3.29. The smallest absolute Gasteiger partial charge is 0.299 e. The third-order valence-electron chi connectivity index (χ3n) is 2.72. The molecule has 82 valence electrons. The van der Waals surface area contributed by atoms with Crippen LogP contribution < -0.4 is 4.90 Å². The Labute approximate surface area is 100 Å². The molecule has 0 N–H and O–H groups in total. The van der Waals surface area contributed by atoms with Crippen molar-refractivity contribution in [3.8, 4) is 0 Å². The summed E-state index contributed by atoms with van der Waals surface area (Å²) in [6, 6.07) is 5.29. The lowest BCUT2D eigenvalue weighted by atomic mass is 10.1. The Morgan fingerprint density at radius 1 is 1.44 bits per heavy atom. The summed E-state index contributed by atoms with van der Waals surface area (Å²) in [4.78, 5) is 25.0. The van der Waals surface area contributed by atoms with Gasteiger partial charge in [0, 0.05) is 4.47 Å². The Balaban J connectivity index is 2.02. The molecule has 1 unspecified atom stereocenters. The monoisotopic (exact) mass is 281 g/mol. The van der Waals surface area contributed by atoms with Gasteiger partial charge in [-0.05, 0) is 18.2 Å². The van der Waals surface area contributed by atoms with Crippen LogP contribution in [0.25, 0.3) is 0 Å². The van der Waals surface area contributed by atoms with Gasteiger partial charge in [0.15, 0.2) is 0 Å². The number of anilines is 1. The van der Waals surface area contributed by atoms with Gasteiger partial charge in [0.05, 0.1) is 30.5 Å². The summed E-state index contributed by atoms with van der Waals surface area (Å²) in [5, 5.41) is 0. The molecule has 3 rings (SSSR count). The highest BCUT2D eigenvalue weighted by molar-refractivity contribution is 9.10. The van der Waals surface area contributed by atoms with Crippen molar-refractivity contribution in [1.82, 2.24) is 0 Å². The maximum Gasteiger partial charge on any atom is 0.299 e. The highest BCUT2D eigenvalue weighted by atomic mass is 79.9. The van der Waals surface area contributed by atoms with Gasteiger partial charge < -0.3 is 9.64 Å². The summed E-state index contributed by atoms with van der Waals surface area (Å²) in [7, 11) is 0. The molecule has 0 aliphatic carbocycles. The van der Waals surface area contributed by atoms with E-state index in [1.165, 1.54) is 4.90 Å². The zero-order valence-corrected chi connectivity index (χ0v) is 9.86. The number of carbonyl (C=O) groups excluding carboxylic acids is 2. The summed E-state index contributed by atoms with van der Waals surface area (Å²) in [5.41, 5.74) is 1.16. The molecule has 1 atom stereocenters. The van der Waals surface area contributed by atoms with E-state index in [2.05, 4.69) is 15.9 Å².